The predicted octanol–water partition coefficient (Wildman–Crippen LogP) is -1.04. The Balaban J connectivity index is 1.78. The molecule has 0 spiro atoms. The molecule has 1 saturated heterocycles. The van der Waals surface area contributed by atoms with E-state index in [9.17, 15) is 13.2 Å². The van der Waals surface area contributed by atoms with E-state index < -0.39 is 15.4 Å². The molecule has 0 N–H and O–H groups in total. The zero-order valence-electron chi connectivity index (χ0n) is 10.2. The normalized spacial score (nSPS) is 24.7. The first kappa shape index (κ1) is 12.5. The Hall–Kier alpha value is -1.48. The van der Waals surface area contributed by atoms with Gasteiger partial charge in [-0.1, -0.05) is 5.21 Å². The Morgan fingerprint density at radius 2 is 2.11 bits per heavy atom. The number of carbonyl (C=O) groups is 1. The van der Waals surface area contributed by atoms with Gasteiger partial charge in [-0.25, -0.2) is 18.2 Å². The molecule has 1 amide bonds. The van der Waals surface area contributed by atoms with Crippen molar-refractivity contribution in [3.63, 3.8) is 0 Å². The number of amides is 1. The fraction of sp³-hybridized carbons (Fsp3) is 0.700. The molecule has 1 aromatic rings. The zero-order valence-corrected chi connectivity index (χ0v) is 11.0. The molecule has 2 heterocycles. The number of nitrogens with zero attached hydrogens (tertiary/aromatic N) is 4. The Kier molecular flexibility index (Phi) is 2.82. The van der Waals surface area contributed by atoms with Crippen LogP contribution in [0.2, 0.25) is 0 Å². The summed E-state index contributed by atoms with van der Waals surface area (Å²) in [5.41, 5.74) is -0.732. The minimum absolute atomic E-state index is 0.0154. The van der Waals surface area contributed by atoms with Gasteiger partial charge in [0.15, 0.2) is 9.84 Å². The summed E-state index contributed by atoms with van der Waals surface area (Å²) >= 11 is 0. The Labute approximate surface area is 110 Å². The largest absolute Gasteiger partial charge is 0.274 e. The summed E-state index contributed by atoms with van der Waals surface area (Å²) in [6.07, 6.45) is 4.49. The van der Waals surface area contributed by atoms with Crippen LogP contribution in [0.1, 0.15) is 12.8 Å². The number of rotatable bonds is 2. The molecule has 0 bridgehead atoms. The SMILES string of the molecule is O=C(N1CCS(=O)(=O)CCO1)C1(n2ccnn2)CC1. The lowest BCUT2D eigenvalue weighted by molar-refractivity contribution is -0.187. The second-order valence-corrected chi connectivity index (χ2v) is 7.08. The van der Waals surface area contributed by atoms with Crippen molar-refractivity contribution in [2.24, 2.45) is 0 Å². The van der Waals surface area contributed by atoms with Crippen LogP contribution >= 0.6 is 0 Å². The van der Waals surface area contributed by atoms with E-state index in [4.69, 9.17) is 4.84 Å². The summed E-state index contributed by atoms with van der Waals surface area (Å²) < 4.78 is 24.5. The average Bonchev–Trinajstić information content (AvgIpc) is 3.04. The monoisotopic (exact) mass is 286 g/mol. The predicted molar refractivity (Wildman–Crippen MR) is 63.5 cm³/mol. The molecule has 1 aromatic heterocycles. The van der Waals surface area contributed by atoms with Gasteiger partial charge in [0.2, 0.25) is 0 Å². The summed E-state index contributed by atoms with van der Waals surface area (Å²) in [7, 11) is -3.12. The van der Waals surface area contributed by atoms with E-state index in [0.717, 1.165) is 0 Å². The molecule has 2 fully saturated rings. The van der Waals surface area contributed by atoms with Crippen LogP contribution in [0, 0.1) is 0 Å². The van der Waals surface area contributed by atoms with Crippen molar-refractivity contribution >= 4 is 15.7 Å². The van der Waals surface area contributed by atoms with Gasteiger partial charge >= 0.3 is 0 Å². The molecule has 3 rings (SSSR count). The highest BCUT2D eigenvalue weighted by atomic mass is 32.2. The first-order valence-electron chi connectivity index (χ1n) is 6.06. The summed E-state index contributed by atoms with van der Waals surface area (Å²) in [5, 5.41) is 8.73. The third-order valence-corrected chi connectivity index (χ3v) is 5.05. The van der Waals surface area contributed by atoms with Gasteiger partial charge in [-0.05, 0) is 12.8 Å². The molecule has 0 aromatic carbocycles. The first-order valence-corrected chi connectivity index (χ1v) is 7.88. The van der Waals surface area contributed by atoms with Crippen LogP contribution in [0.25, 0.3) is 0 Å². The summed E-state index contributed by atoms with van der Waals surface area (Å²) in [5.74, 6) is -0.352. The van der Waals surface area contributed by atoms with Crippen molar-refractivity contribution < 1.29 is 18.0 Å². The first-order chi connectivity index (χ1) is 9.04. The van der Waals surface area contributed by atoms with Crippen LogP contribution in [0.15, 0.2) is 12.4 Å². The molecule has 0 atom stereocenters. The molecule has 104 valence electrons. The highest BCUT2D eigenvalue weighted by Gasteiger charge is 2.55. The minimum Gasteiger partial charge on any atom is -0.270 e. The lowest BCUT2D eigenvalue weighted by atomic mass is 10.2. The van der Waals surface area contributed by atoms with Gasteiger partial charge in [-0.15, -0.1) is 5.10 Å². The van der Waals surface area contributed by atoms with E-state index in [1.54, 1.807) is 6.20 Å². The van der Waals surface area contributed by atoms with Crippen molar-refractivity contribution in [2.75, 3.05) is 24.7 Å². The quantitative estimate of drug-likeness (QED) is 0.689. The molecule has 8 nitrogen and oxygen atoms in total. The smallest absolute Gasteiger partial charge is 0.270 e. The van der Waals surface area contributed by atoms with Gasteiger partial charge in [-0.3, -0.25) is 9.63 Å². The second kappa shape index (κ2) is 4.27. The van der Waals surface area contributed by atoms with Crippen molar-refractivity contribution in [3.05, 3.63) is 12.4 Å². The Bertz CT molecular complexity index is 579. The van der Waals surface area contributed by atoms with Crippen molar-refractivity contribution in [3.8, 4) is 0 Å². The molecule has 19 heavy (non-hydrogen) atoms. The van der Waals surface area contributed by atoms with E-state index >= 15 is 0 Å². The molecule has 9 heteroatoms. The van der Waals surface area contributed by atoms with Gasteiger partial charge in [-0.2, -0.15) is 0 Å². The maximum Gasteiger partial charge on any atom is 0.274 e. The fourth-order valence-corrected chi connectivity index (χ4v) is 3.13. The number of hydroxylamine groups is 2. The van der Waals surface area contributed by atoms with E-state index in [-0.39, 0.29) is 30.6 Å². The summed E-state index contributed by atoms with van der Waals surface area (Å²) in [4.78, 5) is 17.7. The van der Waals surface area contributed by atoms with Gasteiger partial charge in [0, 0.05) is 6.20 Å². The van der Waals surface area contributed by atoms with E-state index in [2.05, 4.69) is 10.3 Å². The highest BCUT2D eigenvalue weighted by Crippen LogP contribution is 2.44. The third kappa shape index (κ3) is 2.23. The lowest BCUT2D eigenvalue weighted by Crippen LogP contribution is -2.43. The van der Waals surface area contributed by atoms with Gasteiger partial charge < -0.3 is 0 Å². The fourth-order valence-electron chi connectivity index (χ4n) is 2.15. The molecule has 1 saturated carbocycles. The second-order valence-electron chi connectivity index (χ2n) is 4.77. The molecule has 0 radical (unpaired) electrons. The number of hydrogen-bond acceptors (Lipinski definition) is 6. The van der Waals surface area contributed by atoms with Gasteiger partial charge in [0.05, 0.1) is 30.9 Å². The van der Waals surface area contributed by atoms with Crippen LogP contribution < -0.4 is 0 Å². The number of hydrogen-bond donors (Lipinski definition) is 0. The topological polar surface area (TPSA) is 94.4 Å². The van der Waals surface area contributed by atoms with Crippen molar-refractivity contribution in [1.29, 1.82) is 0 Å². The summed E-state index contributed by atoms with van der Waals surface area (Å²) in [6, 6.07) is 0. The van der Waals surface area contributed by atoms with Crippen molar-refractivity contribution in [2.45, 2.75) is 18.4 Å². The summed E-state index contributed by atoms with van der Waals surface area (Å²) in [6.45, 7) is 0.0825. The Morgan fingerprint density at radius 3 is 2.74 bits per heavy atom. The Morgan fingerprint density at radius 1 is 1.32 bits per heavy atom. The molecule has 0 unspecified atom stereocenters. The van der Waals surface area contributed by atoms with Crippen molar-refractivity contribution in [1.82, 2.24) is 20.1 Å². The highest BCUT2D eigenvalue weighted by molar-refractivity contribution is 7.91. The lowest BCUT2D eigenvalue weighted by Gasteiger charge is -2.24. The van der Waals surface area contributed by atoms with Gasteiger partial charge in [0.25, 0.3) is 5.91 Å². The third-order valence-electron chi connectivity index (χ3n) is 3.46. The zero-order chi connectivity index (χ0) is 13.5. The van der Waals surface area contributed by atoms with E-state index in [1.807, 2.05) is 0 Å². The maximum absolute atomic E-state index is 12.5. The minimum atomic E-state index is -3.12. The standard InChI is InChI=1S/C10H14N4O4S/c15-9(10(1-2-10)14-4-3-11-12-14)13-5-7-19(16,17)8-6-18-13/h3-4H,1-2,5-8H2. The maximum atomic E-state index is 12.5. The number of carbonyl (C=O) groups excluding carboxylic acids is 1. The molecule has 2 aliphatic rings. The van der Waals surface area contributed by atoms with Crippen LogP contribution in [0.3, 0.4) is 0 Å². The number of sulfone groups is 1. The van der Waals surface area contributed by atoms with E-state index in [1.165, 1.54) is 15.9 Å². The molecular formula is C10H14N4O4S. The average molecular weight is 286 g/mol. The van der Waals surface area contributed by atoms with E-state index in [0.29, 0.717) is 12.8 Å². The van der Waals surface area contributed by atoms with Crippen LogP contribution in [-0.2, 0) is 25.0 Å². The van der Waals surface area contributed by atoms with Gasteiger partial charge in [0.1, 0.15) is 5.54 Å². The van der Waals surface area contributed by atoms with Crippen LogP contribution in [-0.4, -0.2) is 59.0 Å². The van der Waals surface area contributed by atoms with Crippen LogP contribution in [0.5, 0.6) is 0 Å². The van der Waals surface area contributed by atoms with Crippen LogP contribution in [0.4, 0.5) is 0 Å². The molecule has 1 aliphatic heterocycles. The molecular weight excluding hydrogens is 272 g/mol. The number of aromatic nitrogens is 3. The molecule has 1 aliphatic carbocycles.